The smallest absolute Gasteiger partial charge is 0.252 e. The number of carbonyl (C=O) groups excluding carboxylic acids is 1. The monoisotopic (exact) mass is 297 g/mol. The number of carbonyl (C=O) groups is 1. The van der Waals surface area contributed by atoms with Gasteiger partial charge >= 0.3 is 0 Å². The molecule has 0 radical (unpaired) electrons. The third-order valence-corrected chi connectivity index (χ3v) is 3.35. The van der Waals surface area contributed by atoms with E-state index in [0.29, 0.717) is 24.6 Å². The topological polar surface area (TPSA) is 54.0 Å². The average Bonchev–Trinajstić information content (AvgIpc) is 2.54. The van der Waals surface area contributed by atoms with Crippen LogP contribution in [0.4, 0.5) is 5.82 Å². The number of amides is 1. The van der Waals surface area contributed by atoms with Gasteiger partial charge in [-0.15, -0.1) is 0 Å². The Morgan fingerprint density at radius 1 is 1.14 bits per heavy atom. The van der Waals surface area contributed by atoms with Crippen molar-refractivity contribution < 1.29 is 4.79 Å². The van der Waals surface area contributed by atoms with Crippen molar-refractivity contribution >= 4 is 11.7 Å². The molecule has 0 bridgehead atoms. The molecule has 0 fully saturated rings. The summed E-state index contributed by atoms with van der Waals surface area (Å²) in [5.41, 5.74) is 1.79. The van der Waals surface area contributed by atoms with E-state index in [1.165, 1.54) is 5.56 Å². The molecule has 0 aliphatic carbocycles. The molecular weight excluding hydrogens is 274 g/mol. The Morgan fingerprint density at radius 2 is 1.91 bits per heavy atom. The summed E-state index contributed by atoms with van der Waals surface area (Å²) in [6.45, 7) is 5.69. The van der Waals surface area contributed by atoms with Crippen molar-refractivity contribution in [2.75, 3.05) is 11.9 Å². The molecule has 22 heavy (non-hydrogen) atoms. The molecular formula is C18H23N3O. The lowest BCUT2D eigenvalue weighted by Crippen LogP contribution is -2.25. The predicted molar refractivity (Wildman–Crippen MR) is 89.8 cm³/mol. The molecule has 4 heteroatoms. The second-order valence-corrected chi connectivity index (χ2v) is 5.71. The molecule has 0 aliphatic heterocycles. The highest BCUT2D eigenvalue weighted by Crippen LogP contribution is 2.08. The van der Waals surface area contributed by atoms with Crippen molar-refractivity contribution in [2.24, 2.45) is 5.92 Å². The lowest BCUT2D eigenvalue weighted by Gasteiger charge is -2.08. The van der Waals surface area contributed by atoms with E-state index in [1.807, 2.05) is 24.3 Å². The SMILES string of the molecule is CC(C)CCNC(=O)c1ccc(NCc2ccccc2)nc1. The zero-order chi connectivity index (χ0) is 15.8. The molecule has 0 spiro atoms. The van der Waals surface area contributed by atoms with Crippen LogP contribution in [0.25, 0.3) is 0 Å². The molecule has 0 atom stereocenters. The first-order valence-corrected chi connectivity index (χ1v) is 7.67. The van der Waals surface area contributed by atoms with Crippen LogP contribution < -0.4 is 10.6 Å². The van der Waals surface area contributed by atoms with Gasteiger partial charge in [0.05, 0.1) is 5.56 Å². The molecule has 0 saturated heterocycles. The van der Waals surface area contributed by atoms with E-state index in [4.69, 9.17) is 0 Å². The number of anilines is 1. The third-order valence-electron chi connectivity index (χ3n) is 3.35. The van der Waals surface area contributed by atoms with Crippen LogP contribution >= 0.6 is 0 Å². The number of benzene rings is 1. The van der Waals surface area contributed by atoms with E-state index >= 15 is 0 Å². The Kier molecular flexibility index (Phi) is 5.95. The van der Waals surface area contributed by atoms with Crippen molar-refractivity contribution in [1.29, 1.82) is 0 Å². The summed E-state index contributed by atoms with van der Waals surface area (Å²) in [6, 6.07) is 13.8. The van der Waals surface area contributed by atoms with Gasteiger partial charge in [-0.1, -0.05) is 44.2 Å². The average molecular weight is 297 g/mol. The van der Waals surface area contributed by atoms with Crippen molar-refractivity contribution in [3.05, 3.63) is 59.8 Å². The second kappa shape index (κ2) is 8.17. The van der Waals surface area contributed by atoms with Crippen LogP contribution in [-0.2, 0) is 6.54 Å². The van der Waals surface area contributed by atoms with E-state index in [-0.39, 0.29) is 5.91 Å². The van der Waals surface area contributed by atoms with Crippen LogP contribution in [0.15, 0.2) is 48.7 Å². The molecule has 0 unspecified atom stereocenters. The number of hydrogen-bond donors (Lipinski definition) is 2. The highest BCUT2D eigenvalue weighted by molar-refractivity contribution is 5.94. The summed E-state index contributed by atoms with van der Waals surface area (Å²) in [6.07, 6.45) is 2.59. The first-order chi connectivity index (χ1) is 10.6. The summed E-state index contributed by atoms with van der Waals surface area (Å²) in [4.78, 5) is 16.2. The highest BCUT2D eigenvalue weighted by Gasteiger charge is 2.06. The predicted octanol–water partition coefficient (Wildman–Crippen LogP) is 3.47. The first-order valence-electron chi connectivity index (χ1n) is 7.67. The highest BCUT2D eigenvalue weighted by atomic mass is 16.1. The minimum atomic E-state index is -0.0669. The first kappa shape index (κ1) is 16.0. The van der Waals surface area contributed by atoms with Gasteiger partial charge in [-0.3, -0.25) is 4.79 Å². The normalized spacial score (nSPS) is 10.5. The van der Waals surface area contributed by atoms with Crippen molar-refractivity contribution in [2.45, 2.75) is 26.8 Å². The Labute approximate surface area is 132 Å². The largest absolute Gasteiger partial charge is 0.366 e. The fourth-order valence-electron chi connectivity index (χ4n) is 2.00. The number of hydrogen-bond acceptors (Lipinski definition) is 3. The molecule has 1 heterocycles. The summed E-state index contributed by atoms with van der Waals surface area (Å²) in [7, 11) is 0. The zero-order valence-electron chi connectivity index (χ0n) is 13.2. The quantitative estimate of drug-likeness (QED) is 0.823. The van der Waals surface area contributed by atoms with Crippen molar-refractivity contribution in [1.82, 2.24) is 10.3 Å². The van der Waals surface area contributed by atoms with Crippen LogP contribution in [0.5, 0.6) is 0 Å². The Balaban J connectivity index is 1.83. The van der Waals surface area contributed by atoms with E-state index < -0.39 is 0 Å². The minimum Gasteiger partial charge on any atom is -0.366 e. The molecule has 1 aromatic heterocycles. The van der Waals surface area contributed by atoms with Crippen LogP contribution in [0.2, 0.25) is 0 Å². The molecule has 1 aromatic carbocycles. The third kappa shape index (κ3) is 5.20. The maximum atomic E-state index is 11.9. The molecule has 1 amide bonds. The Morgan fingerprint density at radius 3 is 2.55 bits per heavy atom. The molecule has 2 N–H and O–H groups in total. The maximum Gasteiger partial charge on any atom is 0.252 e. The Bertz CT molecular complexity index is 579. The molecule has 4 nitrogen and oxygen atoms in total. The number of pyridine rings is 1. The van der Waals surface area contributed by atoms with Gasteiger partial charge in [0.1, 0.15) is 5.82 Å². The fourth-order valence-corrected chi connectivity index (χ4v) is 2.00. The van der Waals surface area contributed by atoms with Gasteiger partial charge < -0.3 is 10.6 Å². The van der Waals surface area contributed by atoms with Crippen molar-refractivity contribution in [3.63, 3.8) is 0 Å². The molecule has 2 rings (SSSR count). The van der Waals surface area contributed by atoms with Gasteiger partial charge in [-0.2, -0.15) is 0 Å². The summed E-state index contributed by atoms with van der Waals surface area (Å²) >= 11 is 0. The van der Waals surface area contributed by atoms with Gasteiger partial charge in [0.2, 0.25) is 0 Å². The van der Waals surface area contributed by atoms with Gasteiger partial charge in [0, 0.05) is 19.3 Å². The number of nitrogens with one attached hydrogen (secondary N) is 2. The van der Waals surface area contributed by atoms with Crippen molar-refractivity contribution in [3.8, 4) is 0 Å². The van der Waals surface area contributed by atoms with Crippen LogP contribution in [0.3, 0.4) is 0 Å². The van der Waals surface area contributed by atoms with Gasteiger partial charge in [-0.05, 0) is 30.0 Å². The standard InChI is InChI=1S/C18H23N3O/c1-14(2)10-11-19-18(22)16-8-9-17(21-13-16)20-12-15-6-4-3-5-7-15/h3-9,13-14H,10-12H2,1-2H3,(H,19,22)(H,20,21). The number of aromatic nitrogens is 1. The second-order valence-electron chi connectivity index (χ2n) is 5.71. The van der Waals surface area contributed by atoms with Crippen LogP contribution in [0.1, 0.15) is 36.2 Å². The lowest BCUT2D eigenvalue weighted by atomic mass is 10.1. The molecule has 0 aliphatic rings. The summed E-state index contributed by atoms with van der Waals surface area (Å²) < 4.78 is 0. The maximum absolute atomic E-state index is 11.9. The number of nitrogens with zero attached hydrogens (tertiary/aromatic N) is 1. The van der Waals surface area contributed by atoms with Gasteiger partial charge in [0.15, 0.2) is 0 Å². The number of rotatable bonds is 7. The lowest BCUT2D eigenvalue weighted by molar-refractivity contribution is 0.0951. The van der Waals surface area contributed by atoms with E-state index in [2.05, 4.69) is 41.6 Å². The summed E-state index contributed by atoms with van der Waals surface area (Å²) in [5, 5.41) is 6.15. The van der Waals surface area contributed by atoms with Crippen LogP contribution in [-0.4, -0.2) is 17.4 Å². The van der Waals surface area contributed by atoms with Gasteiger partial charge in [0.25, 0.3) is 5.91 Å². The van der Waals surface area contributed by atoms with Crippen LogP contribution in [0, 0.1) is 5.92 Å². The van der Waals surface area contributed by atoms with Gasteiger partial charge in [-0.25, -0.2) is 4.98 Å². The molecule has 2 aromatic rings. The minimum absolute atomic E-state index is 0.0669. The fraction of sp³-hybridized carbons (Fsp3) is 0.333. The molecule has 116 valence electrons. The summed E-state index contributed by atoms with van der Waals surface area (Å²) in [5.74, 6) is 1.29. The molecule has 0 saturated carbocycles. The zero-order valence-corrected chi connectivity index (χ0v) is 13.2. The Hall–Kier alpha value is -2.36. The van der Waals surface area contributed by atoms with E-state index in [9.17, 15) is 4.79 Å². The van der Waals surface area contributed by atoms with E-state index in [1.54, 1.807) is 12.3 Å². The van der Waals surface area contributed by atoms with E-state index in [0.717, 1.165) is 12.2 Å².